The predicted molar refractivity (Wildman–Crippen MR) is 255 cm³/mol. The number of benzene rings is 7. The number of nitrogens with zero attached hydrogens (tertiary/aromatic N) is 1. The molecule has 2 nitrogen and oxygen atoms in total. The molecule has 1 aliphatic carbocycles. The highest BCUT2D eigenvalue weighted by molar-refractivity contribution is 7.99. The van der Waals surface area contributed by atoms with Crippen molar-refractivity contribution in [3.63, 3.8) is 0 Å². The molecule has 10 aromatic rings. The van der Waals surface area contributed by atoms with Crippen LogP contribution in [0, 0.1) is 6.92 Å². The number of aromatic amines is 1. The first kappa shape index (κ1) is 34.0. The van der Waals surface area contributed by atoms with Crippen molar-refractivity contribution < 1.29 is 0 Å². The molecule has 3 aromatic heterocycles. The third-order valence-electron chi connectivity index (χ3n) is 11.8. The Hall–Kier alpha value is -6.11. The second kappa shape index (κ2) is 13.5. The van der Waals surface area contributed by atoms with E-state index in [1.54, 1.807) is 0 Å². The van der Waals surface area contributed by atoms with Crippen LogP contribution in [0.15, 0.2) is 161 Å². The summed E-state index contributed by atoms with van der Waals surface area (Å²) in [5.41, 5.74) is 12.2. The van der Waals surface area contributed by atoms with E-state index in [0.717, 1.165) is 12.8 Å². The molecule has 0 radical (unpaired) electrons. The predicted octanol–water partition coefficient (Wildman–Crippen LogP) is 16.5. The van der Waals surface area contributed by atoms with Gasteiger partial charge in [0, 0.05) is 72.8 Å². The van der Waals surface area contributed by atoms with Crippen LogP contribution in [0.4, 0.5) is 17.1 Å². The summed E-state index contributed by atoms with van der Waals surface area (Å²) in [5, 5.41) is 7.74. The van der Waals surface area contributed by atoms with Crippen molar-refractivity contribution in [2.75, 3.05) is 4.90 Å². The number of fused-ring (bicyclic) bond motifs is 10. The maximum absolute atomic E-state index is 3.63. The van der Waals surface area contributed by atoms with Gasteiger partial charge in [0.25, 0.3) is 0 Å². The van der Waals surface area contributed by atoms with Gasteiger partial charge in [-0.2, -0.15) is 0 Å². The fraction of sp³-hybridized carbons (Fsp3) is 0.0566. The van der Waals surface area contributed by atoms with Gasteiger partial charge in [-0.25, -0.2) is 0 Å². The third-order valence-corrected chi connectivity index (χ3v) is 15.4. The lowest BCUT2D eigenvalue weighted by Gasteiger charge is -2.34. The normalized spacial score (nSPS) is 13.8. The smallest absolute Gasteiger partial charge is 0.0613 e. The molecule has 12 rings (SSSR count). The van der Waals surface area contributed by atoms with Crippen LogP contribution >= 0.6 is 34.4 Å². The monoisotopic (exact) mass is 796 g/mol. The Morgan fingerprint density at radius 1 is 0.621 bits per heavy atom. The average Bonchev–Trinajstić information content (AvgIpc) is 3.92. The largest absolute Gasteiger partial charge is 0.358 e. The highest BCUT2D eigenvalue weighted by Gasteiger charge is 2.29. The molecule has 5 heteroatoms. The molecule has 0 saturated heterocycles. The van der Waals surface area contributed by atoms with E-state index in [1.165, 1.54) is 117 Å². The number of anilines is 3. The second-order valence-electron chi connectivity index (χ2n) is 15.3. The molecule has 1 N–H and O–H groups in total. The van der Waals surface area contributed by atoms with Crippen LogP contribution in [0.1, 0.15) is 33.7 Å². The van der Waals surface area contributed by atoms with Crippen LogP contribution in [0.5, 0.6) is 0 Å². The SMILES string of the molecule is Cc1[nH]c2cc3ccccc3cc2c1/C=C\C=C\c1cc(-c2ccccc2)cc2c1Sc1cc3sc4ccccc4c3cc1N2c1ccc2sc3c(c2c1)C=CCC3. The Morgan fingerprint density at radius 3 is 2.34 bits per heavy atom. The number of aromatic nitrogens is 1. The molecule has 0 bridgehead atoms. The van der Waals surface area contributed by atoms with Gasteiger partial charge in [-0.1, -0.05) is 121 Å². The lowest BCUT2D eigenvalue weighted by molar-refractivity contribution is 1.02. The zero-order chi connectivity index (χ0) is 38.3. The van der Waals surface area contributed by atoms with Crippen molar-refractivity contribution in [1.29, 1.82) is 0 Å². The Bertz CT molecular complexity index is 3390. The minimum atomic E-state index is 1.12. The summed E-state index contributed by atoms with van der Waals surface area (Å²) >= 11 is 5.74. The van der Waals surface area contributed by atoms with Gasteiger partial charge < -0.3 is 9.88 Å². The van der Waals surface area contributed by atoms with Crippen LogP contribution in [0.3, 0.4) is 0 Å². The minimum Gasteiger partial charge on any atom is -0.358 e. The molecule has 0 fully saturated rings. The standard InChI is InChI=1S/C53H36N2S3/c1-32-39(42-26-34-15-5-6-16-35(34)27-45(42)54-32)18-8-7-17-36-25-37(33-13-3-2-4-14-33)28-47-53(36)58-52-31-51-44(41-20-10-12-22-49(41)57-51)30-46(52)55(47)38-23-24-50-43(29-38)40-19-9-11-21-48(40)56-50/h2-10,12-20,22-31,54H,11,21H2,1H3/b17-7+,18-8-. The van der Waals surface area contributed by atoms with E-state index in [-0.39, 0.29) is 0 Å². The van der Waals surface area contributed by atoms with Gasteiger partial charge in [-0.05, 0) is 113 Å². The Kier molecular flexibility index (Phi) is 7.90. The molecule has 1 aliphatic heterocycles. The highest BCUT2D eigenvalue weighted by Crippen LogP contribution is 2.56. The van der Waals surface area contributed by atoms with E-state index in [9.17, 15) is 0 Å². The van der Waals surface area contributed by atoms with Crippen LogP contribution in [-0.2, 0) is 6.42 Å². The summed E-state index contributed by atoms with van der Waals surface area (Å²) in [6.45, 7) is 2.17. The van der Waals surface area contributed by atoms with E-state index in [1.807, 2.05) is 34.4 Å². The van der Waals surface area contributed by atoms with Crippen LogP contribution in [0.2, 0.25) is 0 Å². The maximum Gasteiger partial charge on any atom is 0.0613 e. The van der Waals surface area contributed by atoms with Gasteiger partial charge >= 0.3 is 0 Å². The molecular formula is C53H36N2S3. The Morgan fingerprint density at radius 2 is 1.43 bits per heavy atom. The Balaban J connectivity index is 1.05. The zero-order valence-electron chi connectivity index (χ0n) is 31.8. The fourth-order valence-electron chi connectivity index (χ4n) is 8.99. The van der Waals surface area contributed by atoms with Gasteiger partial charge in [0.2, 0.25) is 0 Å². The van der Waals surface area contributed by atoms with Crippen molar-refractivity contribution in [2.45, 2.75) is 29.6 Å². The van der Waals surface area contributed by atoms with E-state index in [0.29, 0.717) is 0 Å². The van der Waals surface area contributed by atoms with E-state index in [4.69, 9.17) is 0 Å². The van der Waals surface area contributed by atoms with Crippen molar-refractivity contribution in [1.82, 2.24) is 4.98 Å². The van der Waals surface area contributed by atoms with E-state index in [2.05, 4.69) is 187 Å². The summed E-state index contributed by atoms with van der Waals surface area (Å²) < 4.78 is 4.01. The van der Waals surface area contributed by atoms with Crippen molar-refractivity contribution in [3.05, 3.63) is 179 Å². The molecule has 0 amide bonds. The number of hydrogen-bond acceptors (Lipinski definition) is 4. The zero-order valence-corrected chi connectivity index (χ0v) is 34.2. The lowest BCUT2D eigenvalue weighted by atomic mass is 9.99. The first-order valence-electron chi connectivity index (χ1n) is 19.9. The van der Waals surface area contributed by atoms with Crippen molar-refractivity contribution in [3.8, 4) is 11.1 Å². The molecule has 0 saturated carbocycles. The third kappa shape index (κ3) is 5.53. The quantitative estimate of drug-likeness (QED) is 0.175. The number of thiophene rings is 2. The number of allylic oxidation sites excluding steroid dienone is 3. The molecule has 0 spiro atoms. The Labute approximate surface area is 349 Å². The van der Waals surface area contributed by atoms with Crippen LogP contribution in [-0.4, -0.2) is 4.98 Å². The summed E-state index contributed by atoms with van der Waals surface area (Å²) in [7, 11) is 0. The molecule has 2 aliphatic rings. The molecular weight excluding hydrogens is 761 g/mol. The summed E-state index contributed by atoms with van der Waals surface area (Å²) in [6, 6.07) is 49.7. The first-order chi connectivity index (χ1) is 28.6. The summed E-state index contributed by atoms with van der Waals surface area (Å²) in [4.78, 5) is 10.2. The van der Waals surface area contributed by atoms with Gasteiger partial charge in [0.05, 0.1) is 11.4 Å². The maximum atomic E-state index is 3.63. The first-order valence-corrected chi connectivity index (χ1v) is 22.3. The molecule has 58 heavy (non-hydrogen) atoms. The summed E-state index contributed by atoms with van der Waals surface area (Å²) in [6.07, 6.45) is 15.9. The second-order valence-corrected chi connectivity index (χ2v) is 18.6. The van der Waals surface area contributed by atoms with Gasteiger partial charge in [-0.3, -0.25) is 0 Å². The van der Waals surface area contributed by atoms with Gasteiger partial charge in [0.1, 0.15) is 0 Å². The van der Waals surface area contributed by atoms with Crippen LogP contribution < -0.4 is 4.90 Å². The minimum absolute atomic E-state index is 1.12. The number of nitrogens with one attached hydrogen (secondary N) is 1. The number of aryl methyl sites for hydroxylation is 2. The topological polar surface area (TPSA) is 19.0 Å². The van der Waals surface area contributed by atoms with Crippen LogP contribution in [0.25, 0.3) is 81.3 Å². The number of hydrogen-bond donors (Lipinski definition) is 1. The highest BCUT2D eigenvalue weighted by atomic mass is 32.2. The molecule has 0 unspecified atom stereocenters. The van der Waals surface area contributed by atoms with E-state index >= 15 is 0 Å². The van der Waals surface area contributed by atoms with Crippen molar-refractivity contribution >= 4 is 122 Å². The van der Waals surface area contributed by atoms with Crippen molar-refractivity contribution in [2.24, 2.45) is 0 Å². The lowest BCUT2D eigenvalue weighted by Crippen LogP contribution is -2.15. The number of H-pyrrole nitrogens is 1. The average molecular weight is 797 g/mol. The molecule has 276 valence electrons. The number of rotatable bonds is 5. The molecule has 0 atom stereocenters. The molecule has 4 heterocycles. The van der Waals surface area contributed by atoms with Gasteiger partial charge in [-0.15, -0.1) is 22.7 Å². The van der Waals surface area contributed by atoms with Gasteiger partial charge in [0.15, 0.2) is 0 Å². The fourth-order valence-corrected chi connectivity index (χ4v) is 12.5. The molecule has 7 aromatic carbocycles. The summed E-state index contributed by atoms with van der Waals surface area (Å²) in [5.74, 6) is 0. The van der Waals surface area contributed by atoms with E-state index < -0.39 is 0 Å².